The van der Waals surface area contributed by atoms with Gasteiger partial charge in [-0.2, -0.15) is 13.2 Å². The Kier molecular flexibility index (Phi) is 4.16. The molecule has 0 bridgehead atoms. The number of ether oxygens (including phenoxy) is 1. The van der Waals surface area contributed by atoms with Crippen LogP contribution in [-0.4, -0.2) is 7.11 Å². The van der Waals surface area contributed by atoms with E-state index < -0.39 is 18.2 Å². The second-order valence-electron chi connectivity index (χ2n) is 4.31. The van der Waals surface area contributed by atoms with Crippen molar-refractivity contribution in [1.29, 1.82) is 0 Å². The predicted octanol–water partition coefficient (Wildman–Crippen LogP) is 5.32. The summed E-state index contributed by atoms with van der Waals surface area (Å²) >= 11 is 0. The van der Waals surface area contributed by atoms with Gasteiger partial charge in [0, 0.05) is 5.56 Å². The monoisotopic (exact) mass is 302 g/mol. The minimum absolute atomic E-state index is 0.119. The smallest absolute Gasteiger partial charge is 0.416 e. The molecule has 0 N–H and O–H groups in total. The molecule has 0 fully saturated rings. The average Bonchev–Trinajstić information content (AvgIpc) is 2.45. The highest BCUT2D eigenvalue weighted by Gasteiger charge is 2.30. The summed E-state index contributed by atoms with van der Waals surface area (Å²) in [6.45, 7) is 0. The maximum atomic E-state index is 12.9. The van der Waals surface area contributed by atoms with E-state index in [-0.39, 0.29) is 22.4 Å². The fraction of sp³-hybridized carbons (Fsp3) is 0.200. The molecule has 0 radical (unpaired) electrons. The van der Waals surface area contributed by atoms with Gasteiger partial charge in [-0.15, -0.1) is 0 Å². The molecule has 0 aliphatic heterocycles. The first-order valence-electron chi connectivity index (χ1n) is 5.97. The van der Waals surface area contributed by atoms with Crippen molar-refractivity contribution < 1.29 is 26.7 Å². The quantitative estimate of drug-likeness (QED) is 0.697. The molecule has 2 aromatic rings. The number of hydrogen-bond donors (Lipinski definition) is 0. The van der Waals surface area contributed by atoms with Crippen LogP contribution in [-0.2, 0) is 6.18 Å². The van der Waals surface area contributed by atoms with Crippen LogP contribution in [0.2, 0.25) is 0 Å². The summed E-state index contributed by atoms with van der Waals surface area (Å²) in [6.07, 6.45) is -7.27. The van der Waals surface area contributed by atoms with Gasteiger partial charge in [0.25, 0.3) is 6.43 Å². The zero-order chi connectivity index (χ0) is 15.6. The lowest BCUT2D eigenvalue weighted by atomic mass is 9.99. The zero-order valence-corrected chi connectivity index (χ0v) is 10.9. The summed E-state index contributed by atoms with van der Waals surface area (Å²) in [7, 11) is 1.21. The molecule has 0 spiro atoms. The second kappa shape index (κ2) is 5.71. The molecule has 2 rings (SSSR count). The molecule has 0 aliphatic carbocycles. The lowest BCUT2D eigenvalue weighted by Crippen LogP contribution is -2.04. The number of rotatable bonds is 3. The van der Waals surface area contributed by atoms with Crippen LogP contribution in [0.1, 0.15) is 17.6 Å². The van der Waals surface area contributed by atoms with Crippen LogP contribution in [0, 0.1) is 0 Å². The Morgan fingerprint density at radius 3 is 2.24 bits per heavy atom. The van der Waals surface area contributed by atoms with E-state index in [9.17, 15) is 22.0 Å². The highest BCUT2D eigenvalue weighted by Crippen LogP contribution is 2.39. The molecular formula is C15H11F5O. The molecule has 21 heavy (non-hydrogen) atoms. The third-order valence-corrected chi connectivity index (χ3v) is 2.99. The van der Waals surface area contributed by atoms with E-state index in [0.29, 0.717) is 0 Å². The van der Waals surface area contributed by atoms with Crippen molar-refractivity contribution in [3.8, 4) is 16.9 Å². The maximum Gasteiger partial charge on any atom is 0.416 e. The largest absolute Gasteiger partial charge is 0.496 e. The molecule has 6 heteroatoms. The van der Waals surface area contributed by atoms with E-state index in [1.165, 1.54) is 37.4 Å². The molecule has 0 saturated heterocycles. The normalized spacial score (nSPS) is 11.8. The second-order valence-corrected chi connectivity index (χ2v) is 4.31. The van der Waals surface area contributed by atoms with E-state index in [1.54, 1.807) is 0 Å². The van der Waals surface area contributed by atoms with Crippen LogP contribution in [0.5, 0.6) is 5.75 Å². The minimum atomic E-state index is -4.50. The number of para-hydroxylation sites is 1. The zero-order valence-electron chi connectivity index (χ0n) is 10.9. The predicted molar refractivity (Wildman–Crippen MR) is 68.4 cm³/mol. The van der Waals surface area contributed by atoms with Gasteiger partial charge in [-0.1, -0.05) is 24.3 Å². The molecule has 0 aliphatic rings. The SMILES string of the molecule is COc1c(-c2cccc(C(F)(F)F)c2)cccc1C(F)F. The Morgan fingerprint density at radius 2 is 1.67 bits per heavy atom. The van der Waals surface area contributed by atoms with E-state index in [4.69, 9.17) is 4.74 Å². The molecule has 112 valence electrons. The summed E-state index contributed by atoms with van der Waals surface area (Å²) in [4.78, 5) is 0. The number of halogens is 5. The van der Waals surface area contributed by atoms with Crippen LogP contribution < -0.4 is 4.74 Å². The molecule has 0 aromatic heterocycles. The van der Waals surface area contributed by atoms with Crippen molar-refractivity contribution in [2.24, 2.45) is 0 Å². The van der Waals surface area contributed by atoms with Gasteiger partial charge in [0.1, 0.15) is 5.75 Å². The third kappa shape index (κ3) is 3.15. The molecule has 0 atom stereocenters. The van der Waals surface area contributed by atoms with E-state index in [2.05, 4.69) is 0 Å². The summed E-state index contributed by atoms with van der Waals surface area (Å²) in [5, 5.41) is 0. The van der Waals surface area contributed by atoms with Crippen molar-refractivity contribution in [2.45, 2.75) is 12.6 Å². The topological polar surface area (TPSA) is 9.23 Å². The van der Waals surface area contributed by atoms with Crippen LogP contribution in [0.25, 0.3) is 11.1 Å². The Morgan fingerprint density at radius 1 is 1.00 bits per heavy atom. The third-order valence-electron chi connectivity index (χ3n) is 2.99. The van der Waals surface area contributed by atoms with Gasteiger partial charge >= 0.3 is 6.18 Å². The molecule has 1 nitrogen and oxygen atoms in total. The van der Waals surface area contributed by atoms with Crippen molar-refractivity contribution >= 4 is 0 Å². The Bertz CT molecular complexity index is 634. The number of methoxy groups -OCH3 is 1. The standard InChI is InChI=1S/C15H11F5O/c1-21-13-11(6-3-7-12(13)14(16)17)9-4-2-5-10(8-9)15(18,19)20/h2-8,14H,1H3. The van der Waals surface area contributed by atoms with Gasteiger partial charge in [0.15, 0.2) is 0 Å². The average molecular weight is 302 g/mol. The molecule has 2 aromatic carbocycles. The summed E-state index contributed by atoms with van der Waals surface area (Å²) in [5.74, 6) is -0.119. The molecular weight excluding hydrogens is 291 g/mol. The van der Waals surface area contributed by atoms with Crippen molar-refractivity contribution in [3.05, 3.63) is 53.6 Å². The highest BCUT2D eigenvalue weighted by molar-refractivity contribution is 5.73. The molecule has 0 heterocycles. The summed E-state index contributed by atoms with van der Waals surface area (Å²) < 4.78 is 69.0. The lowest BCUT2D eigenvalue weighted by Gasteiger charge is -2.14. The van der Waals surface area contributed by atoms with Crippen LogP contribution >= 0.6 is 0 Å². The van der Waals surface area contributed by atoms with Gasteiger partial charge in [-0.3, -0.25) is 0 Å². The Balaban J connectivity index is 2.60. The van der Waals surface area contributed by atoms with Crippen molar-refractivity contribution in [2.75, 3.05) is 7.11 Å². The molecule has 0 amide bonds. The number of hydrogen-bond acceptors (Lipinski definition) is 1. The van der Waals surface area contributed by atoms with E-state index in [1.807, 2.05) is 0 Å². The highest BCUT2D eigenvalue weighted by atomic mass is 19.4. The maximum absolute atomic E-state index is 12.9. The molecule has 0 unspecified atom stereocenters. The Labute approximate surface area is 118 Å². The van der Waals surface area contributed by atoms with Crippen LogP contribution in [0.3, 0.4) is 0 Å². The Hall–Kier alpha value is -2.11. The first-order valence-corrected chi connectivity index (χ1v) is 5.97. The van der Waals surface area contributed by atoms with Crippen molar-refractivity contribution in [1.82, 2.24) is 0 Å². The lowest BCUT2D eigenvalue weighted by molar-refractivity contribution is -0.137. The summed E-state index contributed by atoms with van der Waals surface area (Å²) in [6, 6.07) is 8.47. The van der Waals surface area contributed by atoms with Gasteiger partial charge < -0.3 is 4.74 Å². The van der Waals surface area contributed by atoms with Gasteiger partial charge in [0.2, 0.25) is 0 Å². The van der Waals surface area contributed by atoms with Crippen LogP contribution in [0.4, 0.5) is 22.0 Å². The first-order chi connectivity index (χ1) is 9.84. The minimum Gasteiger partial charge on any atom is -0.496 e. The van der Waals surface area contributed by atoms with Crippen molar-refractivity contribution in [3.63, 3.8) is 0 Å². The number of alkyl halides is 5. The van der Waals surface area contributed by atoms with Crippen LogP contribution in [0.15, 0.2) is 42.5 Å². The number of benzene rings is 2. The summed E-state index contributed by atoms with van der Waals surface area (Å²) in [5.41, 5.74) is -0.831. The fourth-order valence-corrected chi connectivity index (χ4v) is 2.04. The molecule has 0 saturated carbocycles. The van der Waals surface area contributed by atoms with E-state index in [0.717, 1.165) is 12.1 Å². The van der Waals surface area contributed by atoms with Gasteiger partial charge in [-0.25, -0.2) is 8.78 Å². The van der Waals surface area contributed by atoms with Gasteiger partial charge in [-0.05, 0) is 23.8 Å². The van der Waals surface area contributed by atoms with Gasteiger partial charge in [0.05, 0.1) is 18.2 Å². The first kappa shape index (κ1) is 15.3. The van der Waals surface area contributed by atoms with E-state index >= 15 is 0 Å². The fourth-order valence-electron chi connectivity index (χ4n) is 2.04.